The minimum Gasteiger partial charge on any atom is -0.348 e. The van der Waals surface area contributed by atoms with Crippen molar-refractivity contribution in [1.29, 1.82) is 0 Å². The summed E-state index contributed by atoms with van der Waals surface area (Å²) < 4.78 is 0. The molecule has 1 aliphatic rings. The van der Waals surface area contributed by atoms with E-state index in [2.05, 4.69) is 20.4 Å². The van der Waals surface area contributed by atoms with Gasteiger partial charge in [-0.05, 0) is 18.4 Å². The number of nitrogens with one attached hydrogen (secondary N) is 2. The van der Waals surface area contributed by atoms with Crippen LogP contribution in [0, 0.1) is 0 Å². The van der Waals surface area contributed by atoms with Crippen LogP contribution in [-0.2, 0) is 17.8 Å². The molecule has 0 aromatic carbocycles. The Hall–Kier alpha value is -1.66. The molecule has 1 atom stereocenters. The maximum absolute atomic E-state index is 12.1. The standard InChI is InChI=1S/C14H18N4OS/c1-10(13-3-2-6-20-13)16-14(19)9-18-5-4-12-11(8-18)7-15-17-12/h2-3,6-7,10H,4-5,8-9H2,1H3,(H,15,17)(H,16,19)/t10-/m0/s1. The van der Waals surface area contributed by atoms with Gasteiger partial charge in [0, 0.05) is 35.6 Å². The van der Waals surface area contributed by atoms with Crippen molar-refractivity contribution in [3.8, 4) is 0 Å². The van der Waals surface area contributed by atoms with Crippen LogP contribution >= 0.6 is 11.3 Å². The lowest BCUT2D eigenvalue weighted by Gasteiger charge is -2.26. The van der Waals surface area contributed by atoms with E-state index in [0.717, 1.165) is 19.5 Å². The van der Waals surface area contributed by atoms with Gasteiger partial charge in [-0.15, -0.1) is 11.3 Å². The van der Waals surface area contributed by atoms with Crippen LogP contribution in [-0.4, -0.2) is 34.1 Å². The molecular weight excluding hydrogens is 272 g/mol. The van der Waals surface area contributed by atoms with E-state index in [1.54, 1.807) is 11.3 Å². The zero-order chi connectivity index (χ0) is 13.9. The fourth-order valence-electron chi connectivity index (χ4n) is 2.51. The molecule has 0 unspecified atom stereocenters. The molecule has 0 bridgehead atoms. The molecule has 0 aliphatic carbocycles. The van der Waals surface area contributed by atoms with E-state index >= 15 is 0 Å². The Morgan fingerprint density at radius 3 is 3.35 bits per heavy atom. The van der Waals surface area contributed by atoms with Crippen LogP contribution in [0.3, 0.4) is 0 Å². The molecule has 0 fully saturated rings. The third-order valence-corrected chi connectivity index (χ3v) is 4.65. The van der Waals surface area contributed by atoms with E-state index < -0.39 is 0 Å². The van der Waals surface area contributed by atoms with Gasteiger partial charge in [0.25, 0.3) is 0 Å². The Bertz CT molecular complexity index is 578. The highest BCUT2D eigenvalue weighted by atomic mass is 32.1. The highest BCUT2D eigenvalue weighted by molar-refractivity contribution is 7.10. The van der Waals surface area contributed by atoms with Crippen molar-refractivity contribution in [1.82, 2.24) is 20.4 Å². The first-order chi connectivity index (χ1) is 9.72. The number of fused-ring (bicyclic) bond motifs is 1. The Balaban J connectivity index is 1.52. The Kier molecular flexibility index (Phi) is 3.84. The second-order valence-corrected chi connectivity index (χ2v) is 6.12. The summed E-state index contributed by atoms with van der Waals surface area (Å²) in [6.45, 7) is 4.16. The lowest BCUT2D eigenvalue weighted by atomic mass is 10.1. The normalized spacial score (nSPS) is 16.6. The number of H-pyrrole nitrogens is 1. The average molecular weight is 290 g/mol. The number of carbonyl (C=O) groups excluding carboxylic acids is 1. The van der Waals surface area contributed by atoms with Gasteiger partial charge in [0.2, 0.25) is 5.91 Å². The second kappa shape index (κ2) is 5.76. The van der Waals surface area contributed by atoms with Gasteiger partial charge in [-0.2, -0.15) is 5.10 Å². The Morgan fingerprint density at radius 2 is 2.55 bits per heavy atom. The van der Waals surface area contributed by atoms with Crippen LogP contribution in [0.25, 0.3) is 0 Å². The number of rotatable bonds is 4. The molecule has 106 valence electrons. The van der Waals surface area contributed by atoms with Crippen molar-refractivity contribution in [2.24, 2.45) is 0 Å². The number of thiophene rings is 1. The van der Waals surface area contributed by atoms with Crippen molar-refractivity contribution in [2.75, 3.05) is 13.1 Å². The predicted octanol–water partition coefficient (Wildman–Crippen LogP) is 1.71. The van der Waals surface area contributed by atoms with Crippen molar-refractivity contribution in [3.05, 3.63) is 39.8 Å². The van der Waals surface area contributed by atoms with Crippen LogP contribution in [0.4, 0.5) is 0 Å². The van der Waals surface area contributed by atoms with Crippen molar-refractivity contribution >= 4 is 17.2 Å². The van der Waals surface area contributed by atoms with E-state index in [1.807, 2.05) is 30.6 Å². The molecule has 5 nitrogen and oxygen atoms in total. The summed E-state index contributed by atoms with van der Waals surface area (Å²) in [5.41, 5.74) is 2.41. The molecule has 3 heterocycles. The highest BCUT2D eigenvalue weighted by Gasteiger charge is 2.20. The first kappa shape index (κ1) is 13.3. The van der Waals surface area contributed by atoms with Gasteiger partial charge in [0.15, 0.2) is 0 Å². The summed E-state index contributed by atoms with van der Waals surface area (Å²) in [4.78, 5) is 15.4. The molecule has 0 spiro atoms. The van der Waals surface area contributed by atoms with Gasteiger partial charge in [-0.25, -0.2) is 0 Å². The molecule has 0 saturated carbocycles. The van der Waals surface area contributed by atoms with Gasteiger partial charge in [0.1, 0.15) is 0 Å². The van der Waals surface area contributed by atoms with Crippen molar-refractivity contribution in [3.63, 3.8) is 0 Å². The molecular formula is C14H18N4OS. The molecule has 2 aromatic rings. The van der Waals surface area contributed by atoms with E-state index in [4.69, 9.17) is 0 Å². The fourth-order valence-corrected chi connectivity index (χ4v) is 3.25. The lowest BCUT2D eigenvalue weighted by Crippen LogP contribution is -2.40. The smallest absolute Gasteiger partial charge is 0.234 e. The summed E-state index contributed by atoms with van der Waals surface area (Å²) in [6, 6.07) is 4.14. The lowest BCUT2D eigenvalue weighted by molar-refractivity contribution is -0.123. The van der Waals surface area contributed by atoms with E-state index in [0.29, 0.717) is 6.54 Å². The molecule has 2 aromatic heterocycles. The average Bonchev–Trinajstić information content (AvgIpc) is 3.09. The van der Waals surface area contributed by atoms with E-state index in [1.165, 1.54) is 16.1 Å². The van der Waals surface area contributed by atoms with Crippen LogP contribution < -0.4 is 5.32 Å². The van der Waals surface area contributed by atoms with Crippen LogP contribution in [0.5, 0.6) is 0 Å². The fraction of sp³-hybridized carbons (Fsp3) is 0.429. The largest absolute Gasteiger partial charge is 0.348 e. The molecule has 1 amide bonds. The SMILES string of the molecule is C[C@H](NC(=O)CN1CCc2[nH]ncc2C1)c1cccs1. The van der Waals surface area contributed by atoms with Crippen LogP contribution in [0.2, 0.25) is 0 Å². The summed E-state index contributed by atoms with van der Waals surface area (Å²) in [6.07, 6.45) is 2.79. The minimum absolute atomic E-state index is 0.0803. The monoisotopic (exact) mass is 290 g/mol. The highest BCUT2D eigenvalue weighted by Crippen LogP contribution is 2.18. The number of nitrogens with zero attached hydrogens (tertiary/aromatic N) is 2. The van der Waals surface area contributed by atoms with E-state index in [9.17, 15) is 4.79 Å². The van der Waals surface area contributed by atoms with Gasteiger partial charge in [-0.1, -0.05) is 6.07 Å². The van der Waals surface area contributed by atoms with Crippen molar-refractivity contribution in [2.45, 2.75) is 25.9 Å². The third kappa shape index (κ3) is 2.91. The van der Waals surface area contributed by atoms with Gasteiger partial charge in [0.05, 0.1) is 18.8 Å². The number of aromatic nitrogens is 2. The zero-order valence-corrected chi connectivity index (χ0v) is 12.2. The summed E-state index contributed by atoms with van der Waals surface area (Å²) >= 11 is 1.67. The number of aromatic amines is 1. The summed E-state index contributed by atoms with van der Waals surface area (Å²) in [5, 5.41) is 12.1. The third-order valence-electron chi connectivity index (χ3n) is 3.59. The number of amides is 1. The van der Waals surface area contributed by atoms with Crippen LogP contribution in [0.1, 0.15) is 29.1 Å². The van der Waals surface area contributed by atoms with Gasteiger partial charge in [-0.3, -0.25) is 14.8 Å². The Labute approximate surface area is 122 Å². The molecule has 6 heteroatoms. The molecule has 0 saturated heterocycles. The van der Waals surface area contributed by atoms with E-state index in [-0.39, 0.29) is 11.9 Å². The maximum atomic E-state index is 12.1. The van der Waals surface area contributed by atoms with Crippen molar-refractivity contribution < 1.29 is 4.79 Å². The minimum atomic E-state index is 0.0803. The molecule has 2 N–H and O–H groups in total. The number of hydrogen-bond acceptors (Lipinski definition) is 4. The first-order valence-electron chi connectivity index (χ1n) is 6.78. The zero-order valence-electron chi connectivity index (χ0n) is 11.4. The molecule has 20 heavy (non-hydrogen) atoms. The molecule has 1 aliphatic heterocycles. The molecule has 3 rings (SSSR count). The first-order valence-corrected chi connectivity index (χ1v) is 7.66. The number of carbonyl (C=O) groups is 1. The summed E-state index contributed by atoms with van der Waals surface area (Å²) in [5.74, 6) is 0.0813. The molecule has 0 radical (unpaired) electrons. The quantitative estimate of drug-likeness (QED) is 0.901. The Morgan fingerprint density at radius 1 is 1.65 bits per heavy atom. The predicted molar refractivity (Wildman–Crippen MR) is 78.4 cm³/mol. The van der Waals surface area contributed by atoms with Gasteiger partial charge >= 0.3 is 0 Å². The second-order valence-electron chi connectivity index (χ2n) is 5.14. The number of hydrogen-bond donors (Lipinski definition) is 2. The van der Waals surface area contributed by atoms with Crippen LogP contribution in [0.15, 0.2) is 23.7 Å². The maximum Gasteiger partial charge on any atom is 0.234 e. The summed E-state index contributed by atoms with van der Waals surface area (Å²) in [7, 11) is 0. The topological polar surface area (TPSA) is 61.0 Å². The van der Waals surface area contributed by atoms with Gasteiger partial charge < -0.3 is 5.32 Å².